The van der Waals surface area contributed by atoms with Gasteiger partial charge in [-0.2, -0.15) is 0 Å². The molecule has 1 aromatic carbocycles. The summed E-state index contributed by atoms with van der Waals surface area (Å²) in [7, 11) is 0. The molecule has 166 valence electrons. The van der Waals surface area contributed by atoms with Crippen LogP contribution in [0.5, 0.6) is 0 Å². The summed E-state index contributed by atoms with van der Waals surface area (Å²) in [5, 5.41) is 0. The third kappa shape index (κ3) is 12.2. The molecule has 0 saturated carbocycles. The molecule has 0 N–H and O–H groups in total. The molecule has 0 aliphatic rings. The molecule has 0 amide bonds. The standard InChI is InChI=1S/C28H48O/c1-5-6-7-8-9-10-11-12-13-14-16-19-26(24(2)3)23-22-25(4)28(29)27-20-17-15-18-21-27/h15,17-18,20-21,24-26H,5-14,16,19,22-23H2,1-4H3. The average molecular weight is 401 g/mol. The smallest absolute Gasteiger partial charge is 0.165 e. The first-order valence-corrected chi connectivity index (χ1v) is 12.7. The number of unbranched alkanes of at least 4 members (excludes halogenated alkanes) is 10. The Labute approximate surface area is 182 Å². The van der Waals surface area contributed by atoms with Gasteiger partial charge in [-0.05, 0) is 24.7 Å². The van der Waals surface area contributed by atoms with Gasteiger partial charge in [0.05, 0.1) is 0 Å². The third-order valence-corrected chi connectivity index (χ3v) is 6.60. The first-order valence-electron chi connectivity index (χ1n) is 12.7. The van der Waals surface area contributed by atoms with Crippen molar-refractivity contribution in [2.24, 2.45) is 17.8 Å². The van der Waals surface area contributed by atoms with Crippen LogP contribution in [0, 0.1) is 17.8 Å². The molecule has 2 unspecified atom stereocenters. The Morgan fingerprint density at radius 3 is 1.72 bits per heavy atom. The molecule has 0 saturated heterocycles. The van der Waals surface area contributed by atoms with Crippen molar-refractivity contribution in [2.75, 3.05) is 0 Å². The van der Waals surface area contributed by atoms with E-state index in [1.807, 2.05) is 30.3 Å². The van der Waals surface area contributed by atoms with E-state index in [1.54, 1.807) is 0 Å². The zero-order valence-corrected chi connectivity index (χ0v) is 19.9. The van der Waals surface area contributed by atoms with Crippen LogP contribution in [0.2, 0.25) is 0 Å². The van der Waals surface area contributed by atoms with E-state index in [-0.39, 0.29) is 5.92 Å². The highest BCUT2D eigenvalue weighted by Crippen LogP contribution is 2.27. The lowest BCUT2D eigenvalue weighted by Gasteiger charge is -2.22. The van der Waals surface area contributed by atoms with Gasteiger partial charge in [-0.3, -0.25) is 4.79 Å². The minimum Gasteiger partial charge on any atom is -0.294 e. The Bertz CT molecular complexity index is 504. The van der Waals surface area contributed by atoms with E-state index in [4.69, 9.17) is 0 Å². The fourth-order valence-corrected chi connectivity index (χ4v) is 4.36. The molecule has 0 bridgehead atoms. The molecule has 1 aromatic rings. The minimum atomic E-state index is 0.135. The third-order valence-electron chi connectivity index (χ3n) is 6.60. The summed E-state index contributed by atoms with van der Waals surface area (Å²) in [4.78, 5) is 12.6. The SMILES string of the molecule is CCCCCCCCCCCCCC(CCC(C)C(=O)c1ccccc1)C(C)C. The number of hydrogen-bond donors (Lipinski definition) is 0. The zero-order valence-electron chi connectivity index (χ0n) is 19.9. The van der Waals surface area contributed by atoms with Crippen molar-refractivity contribution in [3.8, 4) is 0 Å². The fourth-order valence-electron chi connectivity index (χ4n) is 4.36. The largest absolute Gasteiger partial charge is 0.294 e. The number of ketones is 1. The van der Waals surface area contributed by atoms with E-state index in [9.17, 15) is 4.79 Å². The quantitative estimate of drug-likeness (QED) is 0.177. The van der Waals surface area contributed by atoms with Crippen molar-refractivity contribution in [2.45, 2.75) is 118 Å². The van der Waals surface area contributed by atoms with Crippen LogP contribution in [0.3, 0.4) is 0 Å². The summed E-state index contributed by atoms with van der Waals surface area (Å²) in [6.45, 7) is 9.10. The van der Waals surface area contributed by atoms with Crippen molar-refractivity contribution < 1.29 is 4.79 Å². The number of hydrogen-bond acceptors (Lipinski definition) is 1. The Balaban J connectivity index is 2.13. The Morgan fingerprint density at radius 2 is 1.21 bits per heavy atom. The molecule has 0 aliphatic carbocycles. The second kappa shape index (κ2) is 16.7. The molecule has 29 heavy (non-hydrogen) atoms. The highest BCUT2D eigenvalue weighted by atomic mass is 16.1. The first kappa shape index (κ1) is 25.9. The normalized spacial score (nSPS) is 13.6. The molecule has 1 nitrogen and oxygen atoms in total. The summed E-state index contributed by atoms with van der Waals surface area (Å²) < 4.78 is 0. The van der Waals surface area contributed by atoms with Crippen molar-refractivity contribution >= 4 is 5.78 Å². The van der Waals surface area contributed by atoms with E-state index < -0.39 is 0 Å². The maximum atomic E-state index is 12.6. The van der Waals surface area contributed by atoms with E-state index in [2.05, 4.69) is 27.7 Å². The lowest BCUT2D eigenvalue weighted by Crippen LogP contribution is -2.15. The van der Waals surface area contributed by atoms with Crippen LogP contribution in [-0.2, 0) is 0 Å². The van der Waals surface area contributed by atoms with Crippen LogP contribution in [-0.4, -0.2) is 5.78 Å². The van der Waals surface area contributed by atoms with Crippen LogP contribution >= 0.6 is 0 Å². The minimum absolute atomic E-state index is 0.135. The summed E-state index contributed by atoms with van der Waals surface area (Å²) >= 11 is 0. The summed E-state index contributed by atoms with van der Waals surface area (Å²) in [5.74, 6) is 1.93. The van der Waals surface area contributed by atoms with Gasteiger partial charge >= 0.3 is 0 Å². The zero-order chi connectivity index (χ0) is 21.3. The Kier molecular flexibility index (Phi) is 14.9. The molecule has 0 spiro atoms. The predicted molar refractivity (Wildman–Crippen MR) is 129 cm³/mol. The first-order chi connectivity index (χ1) is 14.1. The Morgan fingerprint density at radius 1 is 0.690 bits per heavy atom. The number of Topliss-reactive ketones (excluding diaryl/α,β-unsaturated/α-hetero) is 1. The maximum Gasteiger partial charge on any atom is 0.165 e. The van der Waals surface area contributed by atoms with Crippen molar-refractivity contribution in [3.05, 3.63) is 35.9 Å². The van der Waals surface area contributed by atoms with Crippen molar-refractivity contribution in [1.82, 2.24) is 0 Å². The van der Waals surface area contributed by atoms with Crippen molar-refractivity contribution in [3.63, 3.8) is 0 Å². The highest BCUT2D eigenvalue weighted by Gasteiger charge is 2.19. The lowest BCUT2D eigenvalue weighted by atomic mass is 9.83. The monoisotopic (exact) mass is 400 g/mol. The van der Waals surface area contributed by atoms with E-state index in [1.165, 1.54) is 83.5 Å². The van der Waals surface area contributed by atoms with Crippen LogP contribution < -0.4 is 0 Å². The molecular weight excluding hydrogens is 352 g/mol. The number of carbonyl (C=O) groups is 1. The number of benzene rings is 1. The topological polar surface area (TPSA) is 17.1 Å². The van der Waals surface area contributed by atoms with Crippen LogP contribution in [0.1, 0.15) is 128 Å². The Hall–Kier alpha value is -1.11. The molecule has 0 fully saturated rings. The molecule has 0 aromatic heterocycles. The summed E-state index contributed by atoms with van der Waals surface area (Å²) in [6, 6.07) is 9.80. The molecule has 2 atom stereocenters. The van der Waals surface area contributed by atoms with E-state index >= 15 is 0 Å². The molecule has 1 heteroatoms. The van der Waals surface area contributed by atoms with Gasteiger partial charge < -0.3 is 0 Å². The van der Waals surface area contributed by atoms with Gasteiger partial charge in [0, 0.05) is 11.5 Å². The van der Waals surface area contributed by atoms with Gasteiger partial charge in [0.2, 0.25) is 0 Å². The van der Waals surface area contributed by atoms with Gasteiger partial charge in [0.25, 0.3) is 0 Å². The summed E-state index contributed by atoms with van der Waals surface area (Å²) in [5.41, 5.74) is 0.867. The van der Waals surface area contributed by atoms with Gasteiger partial charge in [-0.15, -0.1) is 0 Å². The molecular formula is C28H48O. The fraction of sp³-hybridized carbons (Fsp3) is 0.750. The van der Waals surface area contributed by atoms with Crippen LogP contribution in [0.4, 0.5) is 0 Å². The van der Waals surface area contributed by atoms with Crippen molar-refractivity contribution in [1.29, 1.82) is 0 Å². The predicted octanol–water partition coefficient (Wildman–Crippen LogP) is 9.26. The second-order valence-electron chi connectivity index (χ2n) is 9.54. The second-order valence-corrected chi connectivity index (χ2v) is 9.54. The van der Waals surface area contributed by atoms with E-state index in [0.29, 0.717) is 5.78 Å². The van der Waals surface area contributed by atoms with Crippen LogP contribution in [0.25, 0.3) is 0 Å². The number of carbonyl (C=O) groups excluding carboxylic acids is 1. The lowest BCUT2D eigenvalue weighted by molar-refractivity contribution is 0.0916. The highest BCUT2D eigenvalue weighted by molar-refractivity contribution is 5.97. The van der Waals surface area contributed by atoms with Crippen LogP contribution in [0.15, 0.2) is 30.3 Å². The number of rotatable bonds is 18. The van der Waals surface area contributed by atoms with E-state index in [0.717, 1.165) is 23.8 Å². The maximum absolute atomic E-state index is 12.6. The summed E-state index contributed by atoms with van der Waals surface area (Å²) in [6.07, 6.45) is 19.1. The van der Waals surface area contributed by atoms with Gasteiger partial charge in [-0.1, -0.05) is 135 Å². The molecule has 0 heterocycles. The van der Waals surface area contributed by atoms with Gasteiger partial charge in [0.15, 0.2) is 5.78 Å². The average Bonchev–Trinajstić information content (AvgIpc) is 2.73. The van der Waals surface area contributed by atoms with Gasteiger partial charge in [-0.25, -0.2) is 0 Å². The molecule has 0 aliphatic heterocycles. The molecule has 0 radical (unpaired) electrons. The molecule has 1 rings (SSSR count). The van der Waals surface area contributed by atoms with Gasteiger partial charge in [0.1, 0.15) is 0 Å².